The molecule has 0 aromatic heterocycles. The summed E-state index contributed by atoms with van der Waals surface area (Å²) in [6.07, 6.45) is 9.09. The predicted molar refractivity (Wildman–Crippen MR) is 106 cm³/mol. The summed E-state index contributed by atoms with van der Waals surface area (Å²) in [6, 6.07) is 0. The van der Waals surface area contributed by atoms with Gasteiger partial charge in [0.1, 0.15) is 0 Å². The molecule has 0 saturated heterocycles. The first-order chi connectivity index (χ1) is 12.2. The fourth-order valence-corrected chi connectivity index (χ4v) is 6.67. The monoisotopic (exact) mass is 366 g/mol. The number of rotatable bonds is 3. The lowest BCUT2D eigenvalue weighted by molar-refractivity contribution is -0.103. The summed E-state index contributed by atoms with van der Waals surface area (Å²) in [7, 11) is 0. The first-order valence-corrected chi connectivity index (χ1v) is 11.3. The Morgan fingerprint density at radius 2 is 1.27 bits per heavy atom. The Morgan fingerprint density at radius 1 is 0.654 bits per heavy atom. The second kappa shape index (κ2) is 8.09. The molecule has 0 radical (unpaired) electrons. The van der Waals surface area contributed by atoms with Crippen LogP contribution >= 0.6 is 0 Å². The van der Waals surface area contributed by atoms with Crippen LogP contribution in [-0.4, -0.2) is 33.6 Å². The minimum atomic E-state index is -0.264. The van der Waals surface area contributed by atoms with Gasteiger partial charge in [0, 0.05) is 0 Å². The predicted octanol–water partition coefficient (Wildman–Crippen LogP) is 4.38. The molecule has 0 bridgehead atoms. The van der Waals surface area contributed by atoms with E-state index in [0.717, 1.165) is 51.4 Å². The molecule has 3 aliphatic rings. The highest BCUT2D eigenvalue weighted by Gasteiger charge is 2.48. The Bertz CT molecular complexity index is 454. The van der Waals surface area contributed by atoms with Gasteiger partial charge >= 0.3 is 0 Å². The fourth-order valence-electron chi connectivity index (χ4n) is 6.67. The molecular weight excluding hydrogens is 324 g/mol. The maximum atomic E-state index is 11.0. The van der Waals surface area contributed by atoms with Gasteiger partial charge in [-0.3, -0.25) is 0 Å². The van der Waals surface area contributed by atoms with Gasteiger partial charge in [-0.2, -0.15) is 0 Å². The summed E-state index contributed by atoms with van der Waals surface area (Å²) in [5.41, 5.74) is 0.248. The topological polar surface area (TPSA) is 60.7 Å². The van der Waals surface area contributed by atoms with Crippen LogP contribution in [0.5, 0.6) is 0 Å². The summed E-state index contributed by atoms with van der Waals surface area (Å²) in [5.74, 6) is 2.48. The van der Waals surface area contributed by atoms with Crippen molar-refractivity contribution in [2.45, 2.75) is 104 Å². The zero-order valence-electron chi connectivity index (χ0n) is 17.4. The molecule has 3 heteroatoms. The molecule has 3 saturated carbocycles. The van der Waals surface area contributed by atoms with Gasteiger partial charge < -0.3 is 15.3 Å². The average Bonchev–Trinajstić information content (AvgIpc) is 2.60. The summed E-state index contributed by atoms with van der Waals surface area (Å²) >= 11 is 0. The van der Waals surface area contributed by atoms with Crippen LogP contribution in [0.2, 0.25) is 0 Å². The molecule has 3 nitrogen and oxygen atoms in total. The molecule has 7 atom stereocenters. The van der Waals surface area contributed by atoms with Crippen molar-refractivity contribution >= 4 is 0 Å². The SMILES string of the molecule is CC1CCCC(C2CC(C(C)(C)C3CCC(O)CC3)CC(C)C2O)C1O. The average molecular weight is 367 g/mol. The molecule has 0 aromatic carbocycles. The smallest absolute Gasteiger partial charge is 0.0597 e. The van der Waals surface area contributed by atoms with Crippen molar-refractivity contribution in [3.05, 3.63) is 0 Å². The van der Waals surface area contributed by atoms with E-state index in [-0.39, 0.29) is 35.6 Å². The Balaban J connectivity index is 1.74. The zero-order valence-corrected chi connectivity index (χ0v) is 17.4. The van der Waals surface area contributed by atoms with Crippen LogP contribution in [0.15, 0.2) is 0 Å². The molecule has 0 heterocycles. The van der Waals surface area contributed by atoms with Crippen molar-refractivity contribution in [3.63, 3.8) is 0 Å². The van der Waals surface area contributed by atoms with Gasteiger partial charge in [0.15, 0.2) is 0 Å². The van der Waals surface area contributed by atoms with E-state index >= 15 is 0 Å². The van der Waals surface area contributed by atoms with Crippen LogP contribution in [0.25, 0.3) is 0 Å². The second-order valence-electron chi connectivity index (χ2n) is 10.7. The summed E-state index contributed by atoms with van der Waals surface area (Å²) in [5, 5.41) is 31.7. The lowest BCUT2D eigenvalue weighted by atomic mass is 9.55. The number of aliphatic hydroxyl groups excluding tert-OH is 3. The highest BCUT2D eigenvalue weighted by Crippen LogP contribution is 2.53. The minimum absolute atomic E-state index is 0.0965. The number of hydrogen-bond donors (Lipinski definition) is 3. The second-order valence-corrected chi connectivity index (χ2v) is 10.7. The van der Waals surface area contributed by atoms with Crippen molar-refractivity contribution in [1.29, 1.82) is 0 Å². The molecule has 7 unspecified atom stereocenters. The molecule has 152 valence electrons. The Hall–Kier alpha value is -0.120. The van der Waals surface area contributed by atoms with Gasteiger partial charge in [0.25, 0.3) is 0 Å². The lowest BCUT2D eigenvalue weighted by Gasteiger charge is -2.52. The highest BCUT2D eigenvalue weighted by atomic mass is 16.3. The van der Waals surface area contributed by atoms with Crippen molar-refractivity contribution in [3.8, 4) is 0 Å². The Morgan fingerprint density at radius 3 is 1.92 bits per heavy atom. The van der Waals surface area contributed by atoms with E-state index < -0.39 is 0 Å². The molecule has 3 rings (SSSR count). The molecule has 0 aromatic rings. The largest absolute Gasteiger partial charge is 0.393 e. The van der Waals surface area contributed by atoms with E-state index in [1.807, 2.05) is 0 Å². The summed E-state index contributed by atoms with van der Waals surface area (Å²) in [6.45, 7) is 9.25. The number of hydrogen-bond acceptors (Lipinski definition) is 3. The minimum Gasteiger partial charge on any atom is -0.393 e. The first kappa shape index (κ1) is 20.6. The van der Waals surface area contributed by atoms with E-state index in [0.29, 0.717) is 23.7 Å². The van der Waals surface area contributed by atoms with E-state index in [1.165, 1.54) is 6.42 Å². The van der Waals surface area contributed by atoms with Crippen molar-refractivity contribution in [2.24, 2.45) is 40.9 Å². The molecule has 0 spiro atoms. The molecule has 3 fully saturated rings. The van der Waals surface area contributed by atoms with E-state index in [2.05, 4.69) is 27.7 Å². The van der Waals surface area contributed by atoms with Gasteiger partial charge in [-0.1, -0.05) is 34.1 Å². The highest BCUT2D eigenvalue weighted by molar-refractivity contribution is 4.98. The molecular formula is C23H42O3. The maximum Gasteiger partial charge on any atom is 0.0597 e. The van der Waals surface area contributed by atoms with Crippen LogP contribution in [-0.2, 0) is 0 Å². The summed E-state index contributed by atoms with van der Waals surface area (Å²) in [4.78, 5) is 0. The van der Waals surface area contributed by atoms with Crippen molar-refractivity contribution < 1.29 is 15.3 Å². The summed E-state index contributed by atoms with van der Waals surface area (Å²) < 4.78 is 0. The molecule has 3 aliphatic carbocycles. The normalized spacial score (nSPS) is 48.3. The first-order valence-electron chi connectivity index (χ1n) is 11.3. The third kappa shape index (κ3) is 4.00. The Labute approximate surface area is 160 Å². The zero-order chi connectivity index (χ0) is 19.1. The molecule has 3 N–H and O–H groups in total. The van der Waals surface area contributed by atoms with Gasteiger partial charge in [0.05, 0.1) is 18.3 Å². The standard InChI is InChI=1S/C23H42O3/c1-14-6-5-7-19(21(14)25)20-13-17(12-15(2)22(20)26)23(3,4)16-8-10-18(24)11-9-16/h14-22,24-26H,5-13H2,1-4H3. The molecule has 0 aliphatic heterocycles. The van der Waals surface area contributed by atoms with Crippen LogP contribution in [0.4, 0.5) is 0 Å². The molecule has 0 amide bonds. The van der Waals surface area contributed by atoms with Crippen LogP contribution in [0, 0.1) is 40.9 Å². The number of aliphatic hydroxyl groups is 3. The van der Waals surface area contributed by atoms with E-state index in [4.69, 9.17) is 0 Å². The van der Waals surface area contributed by atoms with E-state index in [1.54, 1.807) is 0 Å². The van der Waals surface area contributed by atoms with E-state index in [9.17, 15) is 15.3 Å². The third-order valence-corrected chi connectivity index (χ3v) is 8.80. The Kier molecular flexibility index (Phi) is 6.41. The van der Waals surface area contributed by atoms with Gasteiger partial charge in [0.2, 0.25) is 0 Å². The van der Waals surface area contributed by atoms with Crippen LogP contribution < -0.4 is 0 Å². The van der Waals surface area contributed by atoms with Gasteiger partial charge in [-0.15, -0.1) is 0 Å². The van der Waals surface area contributed by atoms with Crippen molar-refractivity contribution in [1.82, 2.24) is 0 Å². The van der Waals surface area contributed by atoms with Gasteiger partial charge in [-0.25, -0.2) is 0 Å². The quantitative estimate of drug-likeness (QED) is 0.694. The molecule has 26 heavy (non-hydrogen) atoms. The fraction of sp³-hybridized carbons (Fsp3) is 1.00. The van der Waals surface area contributed by atoms with Gasteiger partial charge in [-0.05, 0) is 92.3 Å². The lowest BCUT2D eigenvalue weighted by Crippen LogP contribution is -2.49. The third-order valence-electron chi connectivity index (χ3n) is 8.80. The maximum absolute atomic E-state index is 11.0. The van der Waals surface area contributed by atoms with Crippen LogP contribution in [0.1, 0.15) is 85.5 Å². The van der Waals surface area contributed by atoms with Crippen LogP contribution in [0.3, 0.4) is 0 Å². The van der Waals surface area contributed by atoms with Crippen molar-refractivity contribution in [2.75, 3.05) is 0 Å².